The Bertz CT molecular complexity index is 363. The van der Waals surface area contributed by atoms with Crippen molar-refractivity contribution in [3.63, 3.8) is 0 Å². The van der Waals surface area contributed by atoms with E-state index in [1.54, 1.807) is 0 Å². The quantitative estimate of drug-likeness (QED) is 0.854. The molecule has 17 heavy (non-hydrogen) atoms. The first kappa shape index (κ1) is 18.8. The largest absolute Gasteiger partial charge is 0.400 e. The van der Waals surface area contributed by atoms with Crippen molar-refractivity contribution in [1.82, 2.24) is 4.98 Å². The molecule has 100 valence electrons. The van der Waals surface area contributed by atoms with Gasteiger partial charge in [0.1, 0.15) is 11.6 Å². The molecule has 2 N–H and O–H groups in total. The SMILES string of the molecule is CCl.Cl.Nc1ncccc1S(=O)CC(F)(F)F. The third kappa shape index (κ3) is 7.40. The summed E-state index contributed by atoms with van der Waals surface area (Å²) >= 11 is 4.64. The number of aromatic nitrogens is 1. The smallest absolute Gasteiger partial charge is 0.383 e. The number of alkyl halides is 4. The molecule has 1 atom stereocenters. The number of halogens is 5. The van der Waals surface area contributed by atoms with Gasteiger partial charge in [-0.3, -0.25) is 4.21 Å². The van der Waals surface area contributed by atoms with E-state index in [2.05, 4.69) is 16.6 Å². The van der Waals surface area contributed by atoms with Crippen LogP contribution in [0.15, 0.2) is 23.2 Å². The van der Waals surface area contributed by atoms with E-state index in [0.717, 1.165) is 0 Å². The Labute approximate surface area is 110 Å². The first-order valence-electron chi connectivity index (χ1n) is 3.93. The van der Waals surface area contributed by atoms with Crippen molar-refractivity contribution in [3.8, 4) is 0 Å². The topological polar surface area (TPSA) is 56.0 Å². The summed E-state index contributed by atoms with van der Waals surface area (Å²) in [6.07, 6.45) is -1.67. The van der Waals surface area contributed by atoms with E-state index in [1.807, 2.05) is 0 Å². The number of anilines is 1. The molecule has 1 unspecified atom stereocenters. The third-order valence-electron chi connectivity index (χ3n) is 1.34. The lowest BCUT2D eigenvalue weighted by molar-refractivity contribution is -0.105. The first-order chi connectivity index (χ1) is 7.40. The van der Waals surface area contributed by atoms with Crippen LogP contribution in [-0.2, 0) is 10.8 Å². The number of nitrogen functional groups attached to an aromatic ring is 1. The highest BCUT2D eigenvalue weighted by molar-refractivity contribution is 7.85. The van der Waals surface area contributed by atoms with Gasteiger partial charge in [0.05, 0.1) is 15.7 Å². The highest BCUT2D eigenvalue weighted by atomic mass is 35.5. The van der Waals surface area contributed by atoms with Crippen molar-refractivity contribution in [3.05, 3.63) is 18.3 Å². The molecule has 3 nitrogen and oxygen atoms in total. The zero-order chi connectivity index (χ0) is 12.8. The Morgan fingerprint density at radius 1 is 1.47 bits per heavy atom. The molecule has 0 aliphatic heterocycles. The van der Waals surface area contributed by atoms with Crippen LogP contribution in [0.25, 0.3) is 0 Å². The fourth-order valence-corrected chi connectivity index (χ4v) is 1.79. The third-order valence-corrected chi connectivity index (χ3v) is 2.77. The Balaban J connectivity index is 0. The molecule has 0 aliphatic carbocycles. The molecule has 0 fully saturated rings. The number of hydrogen-bond acceptors (Lipinski definition) is 3. The van der Waals surface area contributed by atoms with Crippen molar-refractivity contribution in [2.45, 2.75) is 11.1 Å². The monoisotopic (exact) mass is 310 g/mol. The maximum Gasteiger partial charge on any atom is 0.400 e. The molecule has 0 amide bonds. The van der Waals surface area contributed by atoms with Crippen molar-refractivity contribution >= 4 is 40.6 Å². The van der Waals surface area contributed by atoms with E-state index in [4.69, 9.17) is 5.73 Å². The summed E-state index contributed by atoms with van der Waals surface area (Å²) in [6.45, 7) is 0. The fourth-order valence-electron chi connectivity index (χ4n) is 0.822. The van der Waals surface area contributed by atoms with Crippen molar-refractivity contribution < 1.29 is 17.4 Å². The molecule has 0 bridgehead atoms. The van der Waals surface area contributed by atoms with Crippen molar-refractivity contribution in [2.75, 3.05) is 17.9 Å². The first-order valence-corrected chi connectivity index (χ1v) is 6.01. The molecule has 1 aromatic heterocycles. The average Bonchev–Trinajstić information content (AvgIpc) is 2.18. The van der Waals surface area contributed by atoms with Gasteiger partial charge in [0.25, 0.3) is 0 Å². The maximum atomic E-state index is 11.9. The van der Waals surface area contributed by atoms with Crippen molar-refractivity contribution in [2.24, 2.45) is 0 Å². The molecule has 1 heterocycles. The molecule has 0 saturated heterocycles. The van der Waals surface area contributed by atoms with Gasteiger partial charge in [-0.1, -0.05) is 0 Å². The second kappa shape index (κ2) is 8.54. The molecule has 0 radical (unpaired) electrons. The molecular formula is C8H11Cl2F3N2OS. The van der Waals surface area contributed by atoms with Crippen LogP contribution in [0.3, 0.4) is 0 Å². The second-order valence-corrected chi connectivity index (χ2v) is 3.91. The van der Waals surface area contributed by atoms with Gasteiger partial charge in [0.2, 0.25) is 0 Å². The van der Waals surface area contributed by atoms with Gasteiger partial charge in [-0.25, -0.2) is 4.98 Å². The van der Waals surface area contributed by atoms with Crippen LogP contribution < -0.4 is 5.73 Å². The van der Waals surface area contributed by atoms with Crippen molar-refractivity contribution in [1.29, 1.82) is 0 Å². The van der Waals surface area contributed by atoms with Gasteiger partial charge in [-0.2, -0.15) is 13.2 Å². The van der Waals surface area contributed by atoms with Crippen LogP contribution in [0.1, 0.15) is 0 Å². The Kier molecular flexibility index (Phi) is 9.46. The predicted molar refractivity (Wildman–Crippen MR) is 65.0 cm³/mol. The summed E-state index contributed by atoms with van der Waals surface area (Å²) in [6, 6.07) is 2.66. The predicted octanol–water partition coefficient (Wildman–Crippen LogP) is 2.61. The lowest BCUT2D eigenvalue weighted by Gasteiger charge is -2.07. The fraction of sp³-hybridized carbons (Fsp3) is 0.375. The Hall–Kier alpha value is -0.530. The second-order valence-electron chi connectivity index (χ2n) is 2.49. The van der Waals surface area contributed by atoms with Crippen LogP contribution in [0.2, 0.25) is 0 Å². The van der Waals surface area contributed by atoms with Crippen LogP contribution in [0.4, 0.5) is 19.0 Å². The van der Waals surface area contributed by atoms with Gasteiger partial charge in [0.15, 0.2) is 0 Å². The molecule has 1 aromatic rings. The standard InChI is InChI=1S/C7H7F3N2OS.CH3Cl.ClH/c8-7(9,10)4-14(13)5-2-1-3-12-6(5)11;1-2;/h1-3H,4H2,(H2,11,12);1H3;1H. The average molecular weight is 311 g/mol. The molecule has 1 rings (SSSR count). The summed E-state index contributed by atoms with van der Waals surface area (Å²) in [5.74, 6) is -1.53. The van der Waals surface area contributed by atoms with E-state index in [-0.39, 0.29) is 23.1 Å². The zero-order valence-electron chi connectivity index (χ0n) is 8.70. The van der Waals surface area contributed by atoms with Gasteiger partial charge in [-0.15, -0.1) is 24.0 Å². The minimum atomic E-state index is -4.47. The van der Waals surface area contributed by atoms with Crippen LogP contribution in [-0.4, -0.2) is 27.5 Å². The number of pyridine rings is 1. The normalized spacial score (nSPS) is 11.8. The number of rotatable bonds is 2. The highest BCUT2D eigenvalue weighted by Crippen LogP contribution is 2.21. The summed E-state index contributed by atoms with van der Waals surface area (Å²) in [5, 5.41) is 0. The number of hydrogen-bond donors (Lipinski definition) is 1. The molecule has 0 spiro atoms. The Morgan fingerprint density at radius 2 is 2.00 bits per heavy atom. The maximum absolute atomic E-state index is 11.9. The van der Waals surface area contributed by atoms with Gasteiger partial charge in [0, 0.05) is 12.6 Å². The summed E-state index contributed by atoms with van der Waals surface area (Å²) < 4.78 is 46.8. The molecule has 9 heteroatoms. The lowest BCUT2D eigenvalue weighted by Crippen LogP contribution is -2.19. The van der Waals surface area contributed by atoms with E-state index in [0.29, 0.717) is 0 Å². The lowest BCUT2D eigenvalue weighted by atomic mass is 10.5. The molecule has 0 aromatic carbocycles. The summed E-state index contributed by atoms with van der Waals surface area (Å²) in [5.41, 5.74) is 5.27. The van der Waals surface area contributed by atoms with Crippen LogP contribution in [0, 0.1) is 0 Å². The van der Waals surface area contributed by atoms with E-state index < -0.39 is 22.7 Å². The van der Waals surface area contributed by atoms with E-state index in [9.17, 15) is 17.4 Å². The minimum absolute atomic E-state index is 0. The highest BCUT2D eigenvalue weighted by Gasteiger charge is 2.31. The zero-order valence-corrected chi connectivity index (χ0v) is 11.1. The minimum Gasteiger partial charge on any atom is -0.383 e. The number of nitrogens with zero attached hydrogens (tertiary/aromatic N) is 1. The molecular weight excluding hydrogens is 300 g/mol. The molecule has 0 saturated carbocycles. The van der Waals surface area contributed by atoms with E-state index >= 15 is 0 Å². The van der Waals surface area contributed by atoms with Crippen LogP contribution >= 0.6 is 24.0 Å². The van der Waals surface area contributed by atoms with Crippen LogP contribution in [0.5, 0.6) is 0 Å². The summed E-state index contributed by atoms with van der Waals surface area (Å²) in [7, 11) is -2.18. The molecule has 0 aliphatic rings. The summed E-state index contributed by atoms with van der Waals surface area (Å²) in [4.78, 5) is 3.47. The van der Waals surface area contributed by atoms with Gasteiger partial charge < -0.3 is 5.73 Å². The van der Waals surface area contributed by atoms with Gasteiger partial charge in [-0.05, 0) is 12.1 Å². The number of nitrogens with two attached hydrogens (primary N) is 1. The van der Waals surface area contributed by atoms with Gasteiger partial charge >= 0.3 is 6.18 Å². The Morgan fingerprint density at radius 3 is 2.41 bits per heavy atom. The van der Waals surface area contributed by atoms with E-state index in [1.165, 1.54) is 24.7 Å².